The second-order valence-electron chi connectivity index (χ2n) is 4.05. The van der Waals surface area contributed by atoms with Gasteiger partial charge in [-0.15, -0.1) is 0 Å². The Bertz CT molecular complexity index is 423. The van der Waals surface area contributed by atoms with E-state index >= 15 is 0 Å². The molecule has 2 N–H and O–H groups in total. The first-order valence-corrected chi connectivity index (χ1v) is 6.63. The van der Waals surface area contributed by atoms with Crippen LogP contribution in [0.2, 0.25) is 0 Å². The van der Waals surface area contributed by atoms with Crippen LogP contribution in [0.1, 0.15) is 19.4 Å². The molecule has 16 heavy (non-hydrogen) atoms. The molecule has 0 unspecified atom stereocenters. The van der Waals surface area contributed by atoms with E-state index in [0.29, 0.717) is 12.1 Å². The Labute approximate surface area is 96.4 Å². The average molecular weight is 243 g/mol. The molecule has 0 aliphatic rings. The highest BCUT2D eigenvalue weighted by Gasteiger charge is 2.13. The summed E-state index contributed by atoms with van der Waals surface area (Å²) in [6, 6.07) is 6.19. The molecule has 5 heteroatoms. The molecule has 0 atom stereocenters. The van der Waals surface area contributed by atoms with Crippen molar-refractivity contribution in [2.24, 2.45) is 5.92 Å². The number of hydrogen-bond donors (Lipinski definition) is 2. The van der Waals surface area contributed by atoms with Gasteiger partial charge in [0.05, 0.1) is 11.5 Å². The lowest BCUT2D eigenvalue weighted by Crippen LogP contribution is -2.27. The van der Waals surface area contributed by atoms with E-state index in [1.807, 2.05) is 13.8 Å². The van der Waals surface area contributed by atoms with Crippen LogP contribution in [0.5, 0.6) is 0 Å². The Morgan fingerprint density at radius 2 is 1.81 bits per heavy atom. The highest BCUT2D eigenvalue weighted by molar-refractivity contribution is 7.89. The van der Waals surface area contributed by atoms with Gasteiger partial charge in [-0.05, 0) is 23.6 Å². The number of sulfonamides is 1. The maximum absolute atomic E-state index is 11.8. The standard InChI is InChI=1S/C11H17NO3S/c1-9(2)7-12-16(14,15)11-5-3-10(8-13)4-6-11/h3-6,9,12-13H,7-8H2,1-2H3. The molecule has 0 heterocycles. The predicted molar refractivity (Wildman–Crippen MR) is 62.4 cm³/mol. The summed E-state index contributed by atoms with van der Waals surface area (Å²) >= 11 is 0. The minimum Gasteiger partial charge on any atom is -0.392 e. The van der Waals surface area contributed by atoms with Crippen LogP contribution in [0, 0.1) is 5.92 Å². The van der Waals surface area contributed by atoms with Crippen molar-refractivity contribution >= 4 is 10.0 Å². The van der Waals surface area contributed by atoms with Gasteiger partial charge in [-0.25, -0.2) is 13.1 Å². The molecule has 0 aliphatic heterocycles. The molecule has 0 amide bonds. The quantitative estimate of drug-likeness (QED) is 0.814. The SMILES string of the molecule is CC(C)CNS(=O)(=O)c1ccc(CO)cc1. The Morgan fingerprint density at radius 1 is 1.25 bits per heavy atom. The fourth-order valence-corrected chi connectivity index (χ4v) is 2.35. The summed E-state index contributed by atoms with van der Waals surface area (Å²) in [5.74, 6) is 0.270. The van der Waals surface area contributed by atoms with Crippen LogP contribution in [0.4, 0.5) is 0 Å². The Morgan fingerprint density at radius 3 is 2.25 bits per heavy atom. The summed E-state index contributed by atoms with van der Waals surface area (Å²) < 4.78 is 26.0. The third-order valence-corrected chi connectivity index (χ3v) is 3.54. The van der Waals surface area contributed by atoms with Gasteiger partial charge in [0.1, 0.15) is 0 Å². The van der Waals surface area contributed by atoms with Crippen LogP contribution in [-0.4, -0.2) is 20.1 Å². The van der Waals surface area contributed by atoms with Gasteiger partial charge in [-0.2, -0.15) is 0 Å². The fourth-order valence-electron chi connectivity index (χ4n) is 1.13. The van der Waals surface area contributed by atoms with E-state index in [1.165, 1.54) is 12.1 Å². The minimum absolute atomic E-state index is 0.0836. The molecule has 1 rings (SSSR count). The molecule has 1 aromatic rings. The number of hydrogen-bond acceptors (Lipinski definition) is 3. The Kier molecular flexibility index (Phi) is 4.46. The summed E-state index contributed by atoms with van der Waals surface area (Å²) in [4.78, 5) is 0.227. The van der Waals surface area contributed by atoms with Crippen LogP contribution in [0.25, 0.3) is 0 Å². The molecule has 0 spiro atoms. The van der Waals surface area contributed by atoms with Crippen LogP contribution in [-0.2, 0) is 16.6 Å². The first-order chi connectivity index (χ1) is 7.45. The zero-order valence-electron chi connectivity index (χ0n) is 9.47. The third-order valence-electron chi connectivity index (χ3n) is 2.10. The maximum atomic E-state index is 11.8. The van der Waals surface area contributed by atoms with Crippen molar-refractivity contribution in [3.8, 4) is 0 Å². The molecule has 0 radical (unpaired) electrons. The number of rotatable bonds is 5. The smallest absolute Gasteiger partial charge is 0.240 e. The van der Waals surface area contributed by atoms with Crippen LogP contribution in [0.3, 0.4) is 0 Å². The van der Waals surface area contributed by atoms with E-state index in [-0.39, 0.29) is 17.4 Å². The lowest BCUT2D eigenvalue weighted by atomic mass is 10.2. The molecule has 0 aliphatic carbocycles. The minimum atomic E-state index is -3.41. The van der Waals surface area contributed by atoms with Gasteiger partial charge < -0.3 is 5.11 Å². The summed E-state index contributed by atoms with van der Waals surface area (Å²) in [5.41, 5.74) is 0.697. The molecular weight excluding hydrogens is 226 g/mol. The van der Waals surface area contributed by atoms with Gasteiger partial charge in [0.25, 0.3) is 0 Å². The maximum Gasteiger partial charge on any atom is 0.240 e. The predicted octanol–water partition coefficient (Wildman–Crippen LogP) is 1.11. The Balaban J connectivity index is 2.82. The lowest BCUT2D eigenvalue weighted by molar-refractivity contribution is 0.282. The zero-order chi connectivity index (χ0) is 12.2. The molecular formula is C11H17NO3S. The van der Waals surface area contributed by atoms with Gasteiger partial charge in [0.2, 0.25) is 10.0 Å². The van der Waals surface area contributed by atoms with Gasteiger partial charge >= 0.3 is 0 Å². The Hall–Kier alpha value is -0.910. The van der Waals surface area contributed by atoms with Gasteiger partial charge in [0, 0.05) is 6.54 Å². The van der Waals surface area contributed by atoms with Gasteiger partial charge in [-0.3, -0.25) is 0 Å². The van der Waals surface area contributed by atoms with E-state index in [9.17, 15) is 8.42 Å². The van der Waals surface area contributed by atoms with Crippen molar-refractivity contribution in [3.05, 3.63) is 29.8 Å². The second kappa shape index (κ2) is 5.43. The molecule has 0 fully saturated rings. The molecule has 4 nitrogen and oxygen atoms in total. The number of aliphatic hydroxyl groups is 1. The molecule has 0 saturated heterocycles. The molecule has 0 saturated carbocycles. The number of nitrogens with one attached hydrogen (secondary N) is 1. The molecule has 90 valence electrons. The summed E-state index contributed by atoms with van der Waals surface area (Å²) in [7, 11) is -3.41. The normalized spacial score (nSPS) is 12.0. The first-order valence-electron chi connectivity index (χ1n) is 5.15. The van der Waals surface area contributed by atoms with E-state index in [0.717, 1.165) is 0 Å². The highest BCUT2D eigenvalue weighted by atomic mass is 32.2. The largest absolute Gasteiger partial charge is 0.392 e. The van der Waals surface area contributed by atoms with Crippen molar-refractivity contribution in [3.63, 3.8) is 0 Å². The van der Waals surface area contributed by atoms with E-state index in [4.69, 9.17) is 5.11 Å². The van der Waals surface area contributed by atoms with Crippen LogP contribution in [0.15, 0.2) is 29.2 Å². The van der Waals surface area contributed by atoms with Gasteiger partial charge in [0.15, 0.2) is 0 Å². The monoisotopic (exact) mass is 243 g/mol. The van der Waals surface area contributed by atoms with E-state index in [2.05, 4.69) is 4.72 Å². The van der Waals surface area contributed by atoms with E-state index < -0.39 is 10.0 Å². The topological polar surface area (TPSA) is 66.4 Å². The van der Waals surface area contributed by atoms with E-state index in [1.54, 1.807) is 12.1 Å². The van der Waals surface area contributed by atoms with Gasteiger partial charge in [-0.1, -0.05) is 26.0 Å². The van der Waals surface area contributed by atoms with Crippen molar-refractivity contribution in [2.75, 3.05) is 6.54 Å². The third kappa shape index (κ3) is 3.59. The zero-order valence-corrected chi connectivity index (χ0v) is 10.3. The van der Waals surface area contributed by atoms with Crippen LogP contribution < -0.4 is 4.72 Å². The summed E-state index contributed by atoms with van der Waals surface area (Å²) in [6.45, 7) is 4.22. The van der Waals surface area contributed by atoms with Crippen LogP contribution >= 0.6 is 0 Å². The second-order valence-corrected chi connectivity index (χ2v) is 5.81. The number of benzene rings is 1. The molecule has 1 aromatic carbocycles. The average Bonchev–Trinajstić information content (AvgIpc) is 2.27. The lowest BCUT2D eigenvalue weighted by Gasteiger charge is -2.08. The summed E-state index contributed by atoms with van der Waals surface area (Å²) in [6.07, 6.45) is 0. The summed E-state index contributed by atoms with van der Waals surface area (Å²) in [5, 5.41) is 8.84. The van der Waals surface area contributed by atoms with Crippen molar-refractivity contribution in [1.82, 2.24) is 4.72 Å². The van der Waals surface area contributed by atoms with Crippen molar-refractivity contribution in [1.29, 1.82) is 0 Å². The number of aliphatic hydroxyl groups excluding tert-OH is 1. The highest BCUT2D eigenvalue weighted by Crippen LogP contribution is 2.10. The van der Waals surface area contributed by atoms with Crippen molar-refractivity contribution < 1.29 is 13.5 Å². The first kappa shape index (κ1) is 13.2. The van der Waals surface area contributed by atoms with Crippen molar-refractivity contribution in [2.45, 2.75) is 25.3 Å². The molecule has 0 aromatic heterocycles. The fraction of sp³-hybridized carbons (Fsp3) is 0.455. The molecule has 0 bridgehead atoms.